The Labute approximate surface area is 141 Å². The molecule has 1 fully saturated rings. The van der Waals surface area contributed by atoms with E-state index in [-0.39, 0.29) is 11.6 Å². The van der Waals surface area contributed by atoms with Gasteiger partial charge in [0.05, 0.1) is 5.56 Å². The van der Waals surface area contributed by atoms with Crippen LogP contribution in [0.25, 0.3) is 0 Å². The van der Waals surface area contributed by atoms with Crippen LogP contribution in [0.3, 0.4) is 0 Å². The first kappa shape index (κ1) is 16.9. The number of thiophene rings is 1. The largest absolute Gasteiger partial charge is 0.433 e. The molecule has 1 atom stereocenters. The van der Waals surface area contributed by atoms with Crippen molar-refractivity contribution in [2.75, 3.05) is 13.1 Å². The Hall–Kier alpha value is -1.93. The van der Waals surface area contributed by atoms with Crippen LogP contribution in [-0.2, 0) is 12.7 Å². The molecule has 128 valence electrons. The fourth-order valence-corrected chi connectivity index (χ4v) is 3.36. The molecule has 1 aliphatic rings. The summed E-state index contributed by atoms with van der Waals surface area (Å²) in [5, 5.41) is 6.99. The number of hydrogen-bond acceptors (Lipinski definition) is 4. The first-order valence-corrected chi connectivity index (χ1v) is 8.43. The van der Waals surface area contributed by atoms with Gasteiger partial charge in [-0.25, -0.2) is 0 Å². The van der Waals surface area contributed by atoms with E-state index in [1.54, 1.807) is 11.3 Å². The molecule has 1 saturated heterocycles. The molecule has 3 rings (SSSR count). The van der Waals surface area contributed by atoms with E-state index in [1.807, 2.05) is 5.38 Å². The molecule has 0 aliphatic carbocycles. The Morgan fingerprint density at radius 3 is 2.83 bits per heavy atom. The highest BCUT2D eigenvalue weighted by atomic mass is 32.1. The van der Waals surface area contributed by atoms with E-state index >= 15 is 0 Å². The number of amides is 1. The van der Waals surface area contributed by atoms with Crippen molar-refractivity contribution in [3.05, 3.63) is 52.0 Å². The first-order chi connectivity index (χ1) is 11.4. The van der Waals surface area contributed by atoms with E-state index < -0.39 is 17.8 Å². The van der Waals surface area contributed by atoms with Crippen molar-refractivity contribution < 1.29 is 18.0 Å². The highest BCUT2D eigenvalue weighted by molar-refractivity contribution is 7.07. The minimum absolute atomic E-state index is 0.00146. The number of carbonyl (C=O) groups is 1. The van der Waals surface area contributed by atoms with Crippen LogP contribution in [0.15, 0.2) is 35.2 Å². The zero-order chi connectivity index (χ0) is 17.2. The van der Waals surface area contributed by atoms with E-state index in [1.165, 1.54) is 5.56 Å². The average molecular weight is 355 g/mol. The minimum Gasteiger partial charge on any atom is -0.348 e. The summed E-state index contributed by atoms with van der Waals surface area (Å²) >= 11 is 1.65. The van der Waals surface area contributed by atoms with Gasteiger partial charge in [-0.2, -0.15) is 24.5 Å². The van der Waals surface area contributed by atoms with Crippen LogP contribution in [0.4, 0.5) is 13.2 Å². The average Bonchev–Trinajstić information content (AvgIpc) is 3.19. The molecule has 24 heavy (non-hydrogen) atoms. The third-order valence-corrected chi connectivity index (χ3v) is 4.64. The zero-order valence-corrected chi connectivity index (χ0v) is 13.5. The number of carbonyl (C=O) groups excluding carboxylic acids is 1. The molecule has 1 unspecified atom stereocenters. The van der Waals surface area contributed by atoms with Gasteiger partial charge in [0.25, 0.3) is 5.91 Å². The molecule has 2 aromatic heterocycles. The summed E-state index contributed by atoms with van der Waals surface area (Å²) in [5.41, 5.74) is 0.389. The lowest BCUT2D eigenvalue weighted by Crippen LogP contribution is -2.37. The number of nitrogens with one attached hydrogen (secondary N) is 1. The Kier molecular flexibility index (Phi) is 4.86. The number of pyridine rings is 1. The van der Waals surface area contributed by atoms with Gasteiger partial charge in [-0.15, -0.1) is 0 Å². The maximum atomic E-state index is 12.5. The molecular formula is C16H16F3N3OS. The van der Waals surface area contributed by atoms with Gasteiger partial charge in [0, 0.05) is 31.9 Å². The van der Waals surface area contributed by atoms with E-state index in [9.17, 15) is 18.0 Å². The van der Waals surface area contributed by atoms with Crippen LogP contribution in [0.1, 0.15) is 28.0 Å². The van der Waals surface area contributed by atoms with Crippen LogP contribution in [0, 0.1) is 0 Å². The van der Waals surface area contributed by atoms with E-state index in [2.05, 4.69) is 26.6 Å². The predicted molar refractivity (Wildman–Crippen MR) is 84.7 cm³/mol. The molecule has 0 saturated carbocycles. The Morgan fingerprint density at radius 1 is 1.38 bits per heavy atom. The van der Waals surface area contributed by atoms with E-state index in [4.69, 9.17) is 0 Å². The molecule has 0 aromatic carbocycles. The van der Waals surface area contributed by atoms with Gasteiger partial charge in [-0.3, -0.25) is 14.7 Å². The third-order valence-electron chi connectivity index (χ3n) is 3.91. The number of halogens is 3. The number of hydrogen-bond donors (Lipinski definition) is 1. The van der Waals surface area contributed by atoms with Crippen LogP contribution >= 0.6 is 11.3 Å². The second-order valence-electron chi connectivity index (χ2n) is 5.76. The number of rotatable bonds is 4. The topological polar surface area (TPSA) is 45.2 Å². The van der Waals surface area contributed by atoms with Crippen molar-refractivity contribution in [1.29, 1.82) is 0 Å². The summed E-state index contributed by atoms with van der Waals surface area (Å²) in [4.78, 5) is 17.7. The Morgan fingerprint density at radius 2 is 2.21 bits per heavy atom. The minimum atomic E-state index is -4.50. The molecule has 8 heteroatoms. The van der Waals surface area contributed by atoms with Crippen molar-refractivity contribution in [3.8, 4) is 0 Å². The molecule has 1 aliphatic heterocycles. The molecule has 0 radical (unpaired) electrons. The van der Waals surface area contributed by atoms with Gasteiger partial charge in [-0.1, -0.05) is 0 Å². The second-order valence-corrected chi connectivity index (χ2v) is 6.54. The lowest BCUT2D eigenvalue weighted by Gasteiger charge is -2.16. The Bertz CT molecular complexity index is 686. The number of alkyl halides is 3. The number of aromatic nitrogens is 1. The third kappa shape index (κ3) is 4.12. The van der Waals surface area contributed by atoms with Gasteiger partial charge in [0.15, 0.2) is 0 Å². The highest BCUT2D eigenvalue weighted by Crippen LogP contribution is 2.27. The fraction of sp³-hybridized carbons (Fsp3) is 0.375. The van der Waals surface area contributed by atoms with Gasteiger partial charge in [0.2, 0.25) is 0 Å². The summed E-state index contributed by atoms with van der Waals surface area (Å²) in [5.74, 6) is -0.390. The number of likely N-dealkylation sites (tertiary alicyclic amines) is 1. The molecule has 2 aromatic rings. The smallest absolute Gasteiger partial charge is 0.348 e. The Balaban J connectivity index is 1.53. The van der Waals surface area contributed by atoms with E-state index in [0.717, 1.165) is 44.4 Å². The van der Waals surface area contributed by atoms with Crippen molar-refractivity contribution in [1.82, 2.24) is 15.2 Å². The molecular weight excluding hydrogens is 339 g/mol. The van der Waals surface area contributed by atoms with Crippen molar-refractivity contribution in [3.63, 3.8) is 0 Å². The molecule has 4 nitrogen and oxygen atoms in total. The fourth-order valence-electron chi connectivity index (χ4n) is 2.70. The van der Waals surface area contributed by atoms with Crippen molar-refractivity contribution in [2.24, 2.45) is 0 Å². The van der Waals surface area contributed by atoms with Gasteiger partial charge >= 0.3 is 6.18 Å². The van der Waals surface area contributed by atoms with Crippen molar-refractivity contribution >= 4 is 17.2 Å². The number of nitrogens with zero attached hydrogens (tertiary/aromatic N) is 2. The molecule has 0 spiro atoms. The highest BCUT2D eigenvalue weighted by Gasteiger charge is 2.32. The lowest BCUT2D eigenvalue weighted by molar-refractivity contribution is -0.141. The van der Waals surface area contributed by atoms with Crippen LogP contribution < -0.4 is 5.32 Å². The SMILES string of the molecule is O=C(NC1CCN(Cc2ccsc2)C1)c1ccc(C(F)(F)F)nc1. The normalized spacial score (nSPS) is 18.7. The van der Waals surface area contributed by atoms with Gasteiger partial charge in [-0.05, 0) is 40.9 Å². The second kappa shape index (κ2) is 6.90. The quantitative estimate of drug-likeness (QED) is 0.916. The van der Waals surface area contributed by atoms with Crippen molar-refractivity contribution in [2.45, 2.75) is 25.2 Å². The first-order valence-electron chi connectivity index (χ1n) is 7.49. The summed E-state index contributed by atoms with van der Waals surface area (Å²) < 4.78 is 37.4. The lowest BCUT2D eigenvalue weighted by atomic mass is 10.2. The zero-order valence-electron chi connectivity index (χ0n) is 12.7. The molecule has 3 heterocycles. The standard InChI is InChI=1S/C16H16F3N3OS/c17-16(18,19)14-2-1-12(7-20-14)15(23)21-13-3-5-22(9-13)8-11-4-6-24-10-11/h1-2,4,6-7,10,13H,3,5,8-9H2,(H,21,23). The summed E-state index contributed by atoms with van der Waals surface area (Å²) in [6.45, 7) is 2.46. The summed E-state index contributed by atoms with van der Waals surface area (Å²) in [6.07, 6.45) is -2.71. The van der Waals surface area contributed by atoms with E-state index in [0.29, 0.717) is 0 Å². The molecule has 1 N–H and O–H groups in total. The summed E-state index contributed by atoms with van der Waals surface area (Å²) in [6, 6.07) is 4.05. The summed E-state index contributed by atoms with van der Waals surface area (Å²) in [7, 11) is 0. The molecule has 0 bridgehead atoms. The van der Waals surface area contributed by atoms with Crippen LogP contribution in [-0.4, -0.2) is 34.9 Å². The van der Waals surface area contributed by atoms with Crippen LogP contribution in [0.2, 0.25) is 0 Å². The van der Waals surface area contributed by atoms with Crippen LogP contribution in [0.5, 0.6) is 0 Å². The maximum absolute atomic E-state index is 12.5. The van der Waals surface area contributed by atoms with Gasteiger partial charge < -0.3 is 5.32 Å². The predicted octanol–water partition coefficient (Wildman–Crippen LogP) is 3.17. The maximum Gasteiger partial charge on any atom is 0.433 e. The monoisotopic (exact) mass is 355 g/mol. The van der Waals surface area contributed by atoms with Gasteiger partial charge in [0.1, 0.15) is 5.69 Å². The molecule has 1 amide bonds.